The number of likely N-dealkylation sites (N-methyl/N-ethyl adjacent to an activating group) is 1. The van der Waals surface area contributed by atoms with E-state index in [0.29, 0.717) is 6.54 Å². The molecule has 0 radical (unpaired) electrons. The van der Waals surface area contributed by atoms with Gasteiger partial charge in [0, 0.05) is 44.7 Å². The van der Waals surface area contributed by atoms with E-state index in [9.17, 15) is 0 Å². The Balaban J connectivity index is 0.00000363. The second-order valence-corrected chi connectivity index (χ2v) is 8.74. The first kappa shape index (κ1) is 26.0. The molecule has 0 spiro atoms. The Kier molecular flexibility index (Phi) is 10.4. The molecule has 0 aliphatic heterocycles. The Labute approximate surface area is 211 Å². The molecular formula is C22H32IN7OS. The van der Waals surface area contributed by atoms with E-state index >= 15 is 0 Å². The number of methoxy groups -OCH3 is 1. The molecule has 2 aromatic heterocycles. The van der Waals surface area contributed by atoms with Crippen LogP contribution in [0.2, 0.25) is 0 Å². The van der Waals surface area contributed by atoms with Crippen molar-refractivity contribution in [1.82, 2.24) is 30.0 Å². The monoisotopic (exact) mass is 569 g/mol. The molecule has 0 saturated heterocycles. The molecule has 2 heterocycles. The number of guanidine groups is 1. The van der Waals surface area contributed by atoms with Crippen molar-refractivity contribution in [3.8, 4) is 5.75 Å². The number of benzene rings is 1. The summed E-state index contributed by atoms with van der Waals surface area (Å²) in [5, 5.41) is 13.0. The number of ether oxygens (including phenoxy) is 1. The molecule has 174 valence electrons. The van der Waals surface area contributed by atoms with Gasteiger partial charge in [-0.2, -0.15) is 0 Å². The maximum Gasteiger partial charge on any atom is 0.194 e. The first-order chi connectivity index (χ1) is 15.0. The molecule has 32 heavy (non-hydrogen) atoms. The van der Waals surface area contributed by atoms with Crippen LogP contribution in [0.15, 0.2) is 35.5 Å². The maximum atomic E-state index is 5.23. The van der Waals surface area contributed by atoms with Crippen LogP contribution in [0.4, 0.5) is 0 Å². The summed E-state index contributed by atoms with van der Waals surface area (Å²) < 4.78 is 7.20. The number of thiazole rings is 1. The molecule has 8 nitrogen and oxygen atoms in total. The quantitative estimate of drug-likeness (QED) is 0.242. The topological polar surface area (TPSA) is 80.5 Å². The van der Waals surface area contributed by atoms with E-state index in [1.807, 2.05) is 36.9 Å². The van der Waals surface area contributed by atoms with E-state index < -0.39 is 0 Å². The van der Waals surface area contributed by atoms with E-state index in [0.717, 1.165) is 54.3 Å². The number of halogens is 1. The van der Waals surface area contributed by atoms with E-state index in [1.165, 1.54) is 10.4 Å². The normalized spacial score (nSPS) is 11.2. The predicted molar refractivity (Wildman–Crippen MR) is 140 cm³/mol. The SMILES string of the molecule is COc1ccc(CCNC(=NCc2nnc(C)n2C)N(C)CCc2ncc(C)s2)cc1.I. The highest BCUT2D eigenvalue weighted by atomic mass is 127. The molecule has 1 aromatic carbocycles. The maximum absolute atomic E-state index is 5.23. The minimum Gasteiger partial charge on any atom is -0.497 e. The van der Waals surface area contributed by atoms with Gasteiger partial charge in [0.15, 0.2) is 11.8 Å². The fraction of sp³-hybridized carbons (Fsp3) is 0.455. The number of aliphatic imine (C=N–C) groups is 1. The van der Waals surface area contributed by atoms with Gasteiger partial charge in [0.1, 0.15) is 18.1 Å². The number of nitrogens with zero attached hydrogens (tertiary/aromatic N) is 6. The fourth-order valence-corrected chi connectivity index (χ4v) is 3.82. The van der Waals surface area contributed by atoms with Crippen molar-refractivity contribution >= 4 is 41.3 Å². The number of aromatic nitrogens is 4. The number of nitrogens with one attached hydrogen (secondary N) is 1. The minimum atomic E-state index is 0. The molecular weight excluding hydrogens is 537 g/mol. The standard InChI is InChI=1S/C22H31N7OS.HI/c1-16-14-24-21(31-16)11-13-28(3)22(25-15-20-27-26-17(2)29(20)4)23-12-10-18-6-8-19(30-5)9-7-18;/h6-9,14H,10-13,15H2,1-5H3,(H,23,25);1H. The van der Waals surface area contributed by atoms with E-state index in [-0.39, 0.29) is 24.0 Å². The Bertz CT molecular complexity index is 1000. The van der Waals surface area contributed by atoms with E-state index in [1.54, 1.807) is 18.4 Å². The van der Waals surface area contributed by atoms with Crippen LogP contribution < -0.4 is 10.1 Å². The molecule has 0 fully saturated rings. The summed E-state index contributed by atoms with van der Waals surface area (Å²) >= 11 is 1.74. The highest BCUT2D eigenvalue weighted by Gasteiger charge is 2.10. The number of hydrogen-bond donors (Lipinski definition) is 1. The largest absolute Gasteiger partial charge is 0.497 e. The van der Waals surface area contributed by atoms with Crippen LogP contribution in [-0.2, 0) is 26.4 Å². The third kappa shape index (κ3) is 7.44. The molecule has 0 amide bonds. The molecule has 0 aliphatic rings. The van der Waals surface area contributed by atoms with Crippen molar-refractivity contribution in [2.75, 3.05) is 27.2 Å². The highest BCUT2D eigenvalue weighted by Crippen LogP contribution is 2.13. The second kappa shape index (κ2) is 12.7. The molecule has 0 aliphatic carbocycles. The van der Waals surface area contributed by atoms with Crippen LogP contribution >= 0.6 is 35.3 Å². The minimum absolute atomic E-state index is 0. The molecule has 0 bridgehead atoms. The molecule has 0 atom stereocenters. The summed E-state index contributed by atoms with van der Waals surface area (Å²) in [6.45, 7) is 6.11. The summed E-state index contributed by atoms with van der Waals surface area (Å²) in [6.07, 6.45) is 3.71. The van der Waals surface area contributed by atoms with Gasteiger partial charge < -0.3 is 19.5 Å². The van der Waals surface area contributed by atoms with Crippen LogP contribution in [0, 0.1) is 13.8 Å². The van der Waals surface area contributed by atoms with Gasteiger partial charge >= 0.3 is 0 Å². The van der Waals surface area contributed by atoms with Crippen molar-refractivity contribution in [1.29, 1.82) is 0 Å². The van der Waals surface area contributed by atoms with Crippen LogP contribution in [-0.4, -0.2) is 57.9 Å². The van der Waals surface area contributed by atoms with Crippen molar-refractivity contribution in [2.45, 2.75) is 33.2 Å². The van der Waals surface area contributed by atoms with Gasteiger partial charge in [-0.3, -0.25) is 0 Å². The summed E-state index contributed by atoms with van der Waals surface area (Å²) in [4.78, 5) is 12.7. The van der Waals surface area contributed by atoms with Gasteiger partial charge in [0.05, 0.1) is 12.1 Å². The van der Waals surface area contributed by atoms with Gasteiger partial charge in [-0.1, -0.05) is 12.1 Å². The van der Waals surface area contributed by atoms with Crippen molar-refractivity contribution in [3.05, 3.63) is 57.6 Å². The number of hydrogen-bond acceptors (Lipinski definition) is 6. The molecule has 0 unspecified atom stereocenters. The molecule has 10 heteroatoms. The molecule has 3 aromatic rings. The molecule has 3 rings (SSSR count). The lowest BCUT2D eigenvalue weighted by atomic mass is 10.1. The zero-order chi connectivity index (χ0) is 22.2. The van der Waals surface area contributed by atoms with Crippen molar-refractivity contribution in [2.24, 2.45) is 12.0 Å². The third-order valence-electron chi connectivity index (χ3n) is 5.10. The summed E-state index contributed by atoms with van der Waals surface area (Å²) in [6, 6.07) is 8.16. The average molecular weight is 570 g/mol. The lowest BCUT2D eigenvalue weighted by Gasteiger charge is -2.22. The Morgan fingerprint density at radius 1 is 1.19 bits per heavy atom. The van der Waals surface area contributed by atoms with Gasteiger partial charge in [0.25, 0.3) is 0 Å². The predicted octanol–water partition coefficient (Wildman–Crippen LogP) is 3.38. The zero-order valence-electron chi connectivity index (χ0n) is 19.3. The van der Waals surface area contributed by atoms with Crippen LogP contribution in [0.3, 0.4) is 0 Å². The Morgan fingerprint density at radius 2 is 1.94 bits per heavy atom. The highest BCUT2D eigenvalue weighted by molar-refractivity contribution is 14.0. The Hall–Kier alpha value is -2.21. The van der Waals surface area contributed by atoms with E-state index in [2.05, 4.69) is 51.5 Å². The smallest absolute Gasteiger partial charge is 0.194 e. The van der Waals surface area contributed by atoms with Gasteiger partial charge in [-0.05, 0) is 38.0 Å². The van der Waals surface area contributed by atoms with Crippen LogP contribution in [0.5, 0.6) is 5.75 Å². The molecule has 0 saturated carbocycles. The molecule has 1 N–H and O–H groups in total. The average Bonchev–Trinajstić information content (AvgIpc) is 3.34. The second-order valence-electron chi connectivity index (χ2n) is 7.42. The first-order valence-electron chi connectivity index (χ1n) is 10.3. The van der Waals surface area contributed by atoms with E-state index in [4.69, 9.17) is 9.73 Å². The lowest BCUT2D eigenvalue weighted by molar-refractivity contribution is 0.414. The first-order valence-corrected chi connectivity index (χ1v) is 11.2. The Morgan fingerprint density at radius 3 is 2.53 bits per heavy atom. The van der Waals surface area contributed by atoms with Crippen molar-refractivity contribution < 1.29 is 4.74 Å². The van der Waals surface area contributed by atoms with Crippen LogP contribution in [0.25, 0.3) is 0 Å². The fourth-order valence-electron chi connectivity index (χ4n) is 3.04. The van der Waals surface area contributed by atoms with Crippen molar-refractivity contribution in [3.63, 3.8) is 0 Å². The number of rotatable bonds is 9. The zero-order valence-corrected chi connectivity index (χ0v) is 22.5. The summed E-state index contributed by atoms with van der Waals surface area (Å²) in [7, 11) is 5.70. The van der Waals surface area contributed by atoms with Gasteiger partial charge in [0.2, 0.25) is 0 Å². The van der Waals surface area contributed by atoms with Gasteiger partial charge in [-0.15, -0.1) is 45.5 Å². The lowest BCUT2D eigenvalue weighted by Crippen LogP contribution is -2.41. The number of aryl methyl sites for hydroxylation is 2. The van der Waals surface area contributed by atoms with Crippen LogP contribution in [0.1, 0.15) is 27.1 Å². The third-order valence-corrected chi connectivity index (χ3v) is 6.07. The summed E-state index contributed by atoms with van der Waals surface area (Å²) in [5.41, 5.74) is 1.25. The van der Waals surface area contributed by atoms with Gasteiger partial charge in [-0.25, -0.2) is 9.98 Å². The summed E-state index contributed by atoms with van der Waals surface area (Å²) in [5.74, 6) is 3.44.